The Balaban J connectivity index is 1.86. The quantitative estimate of drug-likeness (QED) is 0.913. The Morgan fingerprint density at radius 2 is 1.89 bits per heavy atom. The van der Waals surface area contributed by atoms with Crippen LogP contribution in [0.3, 0.4) is 0 Å². The molecule has 0 spiro atoms. The number of H-pyrrole nitrogens is 1. The van der Waals surface area contributed by atoms with E-state index < -0.39 is 11.9 Å². The molecule has 1 heterocycles. The molecule has 0 aliphatic rings. The molecule has 1 aromatic carbocycles. The Hall–Kier alpha value is -1.98. The minimum Gasteiger partial charge on any atom is -0.478 e. The van der Waals surface area contributed by atoms with Gasteiger partial charge in [-0.2, -0.15) is 18.3 Å². The number of hydrogen-bond donors (Lipinski definition) is 1. The van der Waals surface area contributed by atoms with Crippen molar-refractivity contribution in [1.29, 1.82) is 0 Å². The summed E-state index contributed by atoms with van der Waals surface area (Å²) in [6, 6.07) is 10.4. The first-order chi connectivity index (χ1) is 8.55. The number of nitrogens with zero attached hydrogens (tertiary/aromatic N) is 1. The summed E-state index contributed by atoms with van der Waals surface area (Å²) in [5.41, 5.74) is 0.0882. The molecule has 0 bridgehead atoms. The van der Waals surface area contributed by atoms with Crippen molar-refractivity contribution in [2.24, 2.45) is 0 Å². The van der Waals surface area contributed by atoms with Gasteiger partial charge >= 0.3 is 6.18 Å². The second kappa shape index (κ2) is 5.12. The largest absolute Gasteiger partial charge is 0.478 e. The highest BCUT2D eigenvalue weighted by molar-refractivity contribution is 5.17. The highest BCUT2D eigenvalue weighted by Crippen LogP contribution is 2.29. The zero-order valence-electron chi connectivity index (χ0n) is 9.37. The van der Waals surface area contributed by atoms with Crippen molar-refractivity contribution in [3.63, 3.8) is 0 Å². The van der Waals surface area contributed by atoms with E-state index >= 15 is 0 Å². The van der Waals surface area contributed by atoms with Crippen LogP contribution in [-0.4, -0.2) is 16.8 Å². The smallest absolute Gasteiger partial charge is 0.435 e. The molecule has 1 aromatic heterocycles. The van der Waals surface area contributed by atoms with Crippen LogP contribution in [0.1, 0.15) is 11.3 Å². The molecule has 0 amide bonds. The number of alkyl halides is 3. The summed E-state index contributed by atoms with van der Waals surface area (Å²) in [5, 5.41) is 5.34. The third-order valence-electron chi connectivity index (χ3n) is 2.34. The summed E-state index contributed by atoms with van der Waals surface area (Å²) in [7, 11) is 0. The molecule has 0 unspecified atom stereocenters. The fourth-order valence-electron chi connectivity index (χ4n) is 1.45. The van der Waals surface area contributed by atoms with Crippen molar-refractivity contribution in [3.05, 3.63) is 47.7 Å². The van der Waals surface area contributed by atoms with Crippen molar-refractivity contribution in [2.45, 2.75) is 12.6 Å². The van der Waals surface area contributed by atoms with E-state index in [0.29, 0.717) is 13.0 Å². The fraction of sp³-hybridized carbons (Fsp3) is 0.250. The first-order valence-corrected chi connectivity index (χ1v) is 5.35. The molecule has 0 saturated heterocycles. The first-order valence-electron chi connectivity index (χ1n) is 5.35. The Morgan fingerprint density at radius 1 is 1.17 bits per heavy atom. The molecule has 2 rings (SSSR count). The second-order valence-corrected chi connectivity index (χ2v) is 3.70. The van der Waals surface area contributed by atoms with Crippen LogP contribution < -0.4 is 4.74 Å². The zero-order chi connectivity index (χ0) is 13.0. The number of benzene rings is 1. The van der Waals surface area contributed by atoms with E-state index in [0.717, 1.165) is 11.6 Å². The minimum absolute atomic E-state index is 0.0262. The molecule has 0 aliphatic carbocycles. The SMILES string of the molecule is FC(F)(F)c1cc(OCCc2ccccc2)[nH]n1. The Bertz CT molecular complexity index is 494. The highest BCUT2D eigenvalue weighted by atomic mass is 19.4. The molecule has 0 aliphatic heterocycles. The van der Waals surface area contributed by atoms with Crippen LogP contribution in [0, 0.1) is 0 Å². The summed E-state index contributed by atoms with van der Waals surface area (Å²) in [4.78, 5) is 0. The van der Waals surface area contributed by atoms with Gasteiger partial charge in [0.25, 0.3) is 0 Å². The van der Waals surface area contributed by atoms with Crippen LogP contribution in [0.4, 0.5) is 13.2 Å². The molecule has 3 nitrogen and oxygen atoms in total. The molecule has 1 N–H and O–H groups in total. The molecular weight excluding hydrogens is 245 g/mol. The summed E-state index contributed by atoms with van der Waals surface area (Å²) in [6.07, 6.45) is -3.82. The average Bonchev–Trinajstić information content (AvgIpc) is 2.79. The third kappa shape index (κ3) is 3.26. The minimum atomic E-state index is -4.45. The van der Waals surface area contributed by atoms with Gasteiger partial charge in [0.1, 0.15) is 0 Å². The molecular formula is C12H11F3N2O. The lowest BCUT2D eigenvalue weighted by Crippen LogP contribution is -2.04. The van der Waals surface area contributed by atoms with E-state index in [1.807, 2.05) is 30.3 Å². The van der Waals surface area contributed by atoms with Crippen molar-refractivity contribution < 1.29 is 17.9 Å². The molecule has 0 saturated carbocycles. The van der Waals surface area contributed by atoms with E-state index in [2.05, 4.69) is 10.2 Å². The normalized spacial score (nSPS) is 11.5. The van der Waals surface area contributed by atoms with Gasteiger partial charge in [-0.15, -0.1) is 0 Å². The lowest BCUT2D eigenvalue weighted by molar-refractivity contribution is -0.141. The van der Waals surface area contributed by atoms with Crippen molar-refractivity contribution in [1.82, 2.24) is 10.2 Å². The van der Waals surface area contributed by atoms with Gasteiger partial charge in [0.15, 0.2) is 5.69 Å². The van der Waals surface area contributed by atoms with E-state index in [1.165, 1.54) is 0 Å². The van der Waals surface area contributed by atoms with Crippen LogP contribution in [0.15, 0.2) is 36.4 Å². The highest BCUT2D eigenvalue weighted by Gasteiger charge is 2.34. The standard InChI is InChI=1S/C12H11F3N2O/c13-12(14,15)10-8-11(17-16-10)18-7-6-9-4-2-1-3-5-9/h1-5,8H,6-7H2,(H,16,17). The Morgan fingerprint density at radius 3 is 2.50 bits per heavy atom. The van der Waals surface area contributed by atoms with Crippen molar-refractivity contribution in [2.75, 3.05) is 6.61 Å². The van der Waals surface area contributed by atoms with Crippen molar-refractivity contribution in [3.8, 4) is 5.88 Å². The second-order valence-electron chi connectivity index (χ2n) is 3.70. The summed E-state index contributed by atoms with van der Waals surface area (Å²) in [5.74, 6) is 0.0262. The number of rotatable bonds is 4. The lowest BCUT2D eigenvalue weighted by Gasteiger charge is -2.03. The zero-order valence-corrected chi connectivity index (χ0v) is 9.37. The first kappa shape index (κ1) is 12.5. The Labute approximate surface area is 102 Å². The monoisotopic (exact) mass is 256 g/mol. The van der Waals surface area contributed by atoms with Crippen LogP contribution in [0.5, 0.6) is 5.88 Å². The summed E-state index contributed by atoms with van der Waals surface area (Å²) in [6.45, 7) is 0.295. The van der Waals surface area contributed by atoms with E-state index in [9.17, 15) is 13.2 Å². The molecule has 18 heavy (non-hydrogen) atoms. The van der Waals surface area contributed by atoms with Gasteiger partial charge in [-0.25, -0.2) is 5.10 Å². The number of aromatic amines is 1. The maximum absolute atomic E-state index is 12.3. The lowest BCUT2D eigenvalue weighted by atomic mass is 10.2. The number of hydrogen-bond acceptors (Lipinski definition) is 2. The average molecular weight is 256 g/mol. The Kier molecular flexibility index (Phi) is 3.55. The molecule has 0 radical (unpaired) electrons. The predicted octanol–water partition coefficient (Wildman–Crippen LogP) is 3.05. The van der Waals surface area contributed by atoms with Crippen LogP contribution in [0.25, 0.3) is 0 Å². The van der Waals surface area contributed by atoms with Crippen LogP contribution >= 0.6 is 0 Å². The number of halogens is 3. The van der Waals surface area contributed by atoms with Gasteiger partial charge in [0.05, 0.1) is 6.61 Å². The fourth-order valence-corrected chi connectivity index (χ4v) is 1.45. The number of nitrogens with one attached hydrogen (secondary N) is 1. The maximum Gasteiger partial charge on any atom is 0.435 e. The van der Waals surface area contributed by atoms with Gasteiger partial charge in [0.2, 0.25) is 5.88 Å². The van der Waals surface area contributed by atoms with Crippen molar-refractivity contribution >= 4 is 0 Å². The molecule has 0 atom stereocenters. The van der Waals surface area contributed by atoms with Gasteiger partial charge in [-0.3, -0.25) is 0 Å². The number of ether oxygens (including phenoxy) is 1. The third-order valence-corrected chi connectivity index (χ3v) is 2.34. The summed E-state index contributed by atoms with van der Waals surface area (Å²) < 4.78 is 41.9. The van der Waals surface area contributed by atoms with Gasteiger partial charge in [-0.05, 0) is 5.56 Å². The molecule has 0 fully saturated rings. The van der Waals surface area contributed by atoms with E-state index in [1.54, 1.807) is 0 Å². The van der Waals surface area contributed by atoms with Gasteiger partial charge in [0, 0.05) is 12.5 Å². The summed E-state index contributed by atoms with van der Waals surface area (Å²) >= 11 is 0. The molecule has 6 heteroatoms. The van der Waals surface area contributed by atoms with Gasteiger partial charge in [-0.1, -0.05) is 30.3 Å². The number of aromatic nitrogens is 2. The molecule has 96 valence electrons. The van der Waals surface area contributed by atoms with E-state index in [-0.39, 0.29) is 5.88 Å². The topological polar surface area (TPSA) is 37.9 Å². The van der Waals surface area contributed by atoms with Gasteiger partial charge < -0.3 is 4.74 Å². The van der Waals surface area contributed by atoms with Crippen LogP contribution in [0.2, 0.25) is 0 Å². The van der Waals surface area contributed by atoms with Crippen LogP contribution in [-0.2, 0) is 12.6 Å². The molecule has 2 aromatic rings. The predicted molar refractivity (Wildman–Crippen MR) is 59.2 cm³/mol. The van der Waals surface area contributed by atoms with E-state index in [4.69, 9.17) is 4.74 Å². The maximum atomic E-state index is 12.3.